The SMILES string of the molecule is C=C(NNC(=O)CSc1nc2ccccc2n1Cc1ccccc1Cl)c1cccc([N+](=O)[O-])c1. The summed E-state index contributed by atoms with van der Waals surface area (Å²) in [6, 6.07) is 21.4. The largest absolute Gasteiger partial charge is 0.314 e. The predicted molar refractivity (Wildman–Crippen MR) is 134 cm³/mol. The van der Waals surface area contributed by atoms with Gasteiger partial charge in [0.25, 0.3) is 5.69 Å². The number of nitro benzene ring substituents is 1. The Morgan fingerprint density at radius 2 is 1.85 bits per heavy atom. The molecular formula is C24H20ClN5O3S. The first-order chi connectivity index (χ1) is 16.4. The number of thioether (sulfide) groups is 1. The smallest absolute Gasteiger partial charge is 0.270 e. The molecule has 0 bridgehead atoms. The Balaban J connectivity index is 1.42. The number of carbonyl (C=O) groups is 1. The first-order valence-electron chi connectivity index (χ1n) is 10.2. The summed E-state index contributed by atoms with van der Waals surface area (Å²) in [5.74, 6) is -0.200. The number of benzene rings is 3. The van der Waals surface area contributed by atoms with E-state index in [0.717, 1.165) is 16.6 Å². The molecule has 10 heteroatoms. The average molecular weight is 494 g/mol. The highest BCUT2D eigenvalue weighted by Gasteiger charge is 2.15. The van der Waals surface area contributed by atoms with Crippen LogP contribution in [0.15, 0.2) is 84.5 Å². The Hall–Kier alpha value is -3.82. The van der Waals surface area contributed by atoms with Crippen molar-refractivity contribution in [2.24, 2.45) is 0 Å². The summed E-state index contributed by atoms with van der Waals surface area (Å²) in [4.78, 5) is 27.6. The van der Waals surface area contributed by atoms with Crippen molar-refractivity contribution in [2.75, 3.05) is 5.75 Å². The molecule has 1 amide bonds. The Morgan fingerprint density at radius 1 is 1.09 bits per heavy atom. The fraction of sp³-hybridized carbons (Fsp3) is 0.0833. The lowest BCUT2D eigenvalue weighted by atomic mass is 10.1. The van der Waals surface area contributed by atoms with Crippen LogP contribution in [0.2, 0.25) is 5.02 Å². The molecule has 0 saturated heterocycles. The number of non-ortho nitro benzene ring substituents is 1. The van der Waals surface area contributed by atoms with E-state index in [9.17, 15) is 14.9 Å². The van der Waals surface area contributed by atoms with Gasteiger partial charge >= 0.3 is 0 Å². The maximum absolute atomic E-state index is 12.5. The molecule has 8 nitrogen and oxygen atoms in total. The molecule has 3 aromatic carbocycles. The zero-order valence-electron chi connectivity index (χ0n) is 17.9. The minimum absolute atomic E-state index is 0.0558. The summed E-state index contributed by atoms with van der Waals surface area (Å²) in [5.41, 5.74) is 8.81. The average Bonchev–Trinajstić information content (AvgIpc) is 3.20. The molecular weight excluding hydrogens is 474 g/mol. The van der Waals surface area contributed by atoms with Crippen LogP contribution in [0.4, 0.5) is 5.69 Å². The van der Waals surface area contributed by atoms with Crippen LogP contribution in [0.5, 0.6) is 0 Å². The van der Waals surface area contributed by atoms with E-state index in [1.54, 1.807) is 12.1 Å². The minimum atomic E-state index is -0.485. The number of para-hydroxylation sites is 2. The van der Waals surface area contributed by atoms with E-state index in [0.29, 0.717) is 28.0 Å². The summed E-state index contributed by atoms with van der Waals surface area (Å²) in [6.07, 6.45) is 0. The van der Waals surface area contributed by atoms with E-state index in [-0.39, 0.29) is 17.3 Å². The van der Waals surface area contributed by atoms with Crippen LogP contribution in [-0.2, 0) is 11.3 Å². The van der Waals surface area contributed by atoms with Gasteiger partial charge in [-0.15, -0.1) is 0 Å². The number of hydrogen-bond acceptors (Lipinski definition) is 6. The molecule has 0 aliphatic heterocycles. The second-order valence-electron chi connectivity index (χ2n) is 7.31. The molecule has 0 atom stereocenters. The summed E-state index contributed by atoms with van der Waals surface area (Å²) >= 11 is 7.66. The summed E-state index contributed by atoms with van der Waals surface area (Å²) < 4.78 is 2.03. The molecule has 1 heterocycles. The minimum Gasteiger partial charge on any atom is -0.314 e. The molecule has 0 saturated carbocycles. The second-order valence-corrected chi connectivity index (χ2v) is 8.66. The molecule has 0 spiro atoms. The van der Waals surface area contributed by atoms with Crippen molar-refractivity contribution in [1.29, 1.82) is 0 Å². The van der Waals surface area contributed by atoms with Crippen molar-refractivity contribution in [3.05, 3.63) is 106 Å². The van der Waals surface area contributed by atoms with Gasteiger partial charge in [-0.2, -0.15) is 0 Å². The molecule has 0 unspecified atom stereocenters. The van der Waals surface area contributed by atoms with Crippen LogP contribution in [0.1, 0.15) is 11.1 Å². The van der Waals surface area contributed by atoms with Gasteiger partial charge in [0.2, 0.25) is 5.91 Å². The van der Waals surface area contributed by atoms with Crippen LogP contribution in [0.3, 0.4) is 0 Å². The van der Waals surface area contributed by atoms with Crippen molar-refractivity contribution < 1.29 is 9.72 Å². The van der Waals surface area contributed by atoms with E-state index in [4.69, 9.17) is 11.6 Å². The molecule has 34 heavy (non-hydrogen) atoms. The summed E-state index contributed by atoms with van der Waals surface area (Å²) in [6.45, 7) is 4.35. The van der Waals surface area contributed by atoms with Crippen LogP contribution < -0.4 is 10.9 Å². The number of nitrogens with zero attached hydrogens (tertiary/aromatic N) is 3. The predicted octanol–water partition coefficient (Wildman–Crippen LogP) is 5.03. The normalized spacial score (nSPS) is 10.7. The van der Waals surface area contributed by atoms with Crippen LogP contribution in [0, 0.1) is 10.1 Å². The highest BCUT2D eigenvalue weighted by Crippen LogP contribution is 2.27. The molecule has 1 aromatic heterocycles. The standard InChI is InChI=1S/C24H20ClN5O3S/c1-16(17-8-6-9-19(13-17)30(32)33)27-28-23(31)15-34-24-26-21-11-4-5-12-22(21)29(24)14-18-7-2-3-10-20(18)25/h2-13,27H,1,14-15H2,(H,28,31). The Bertz CT molecular complexity index is 1390. The van der Waals surface area contributed by atoms with Gasteiger partial charge in [0.15, 0.2) is 5.16 Å². The van der Waals surface area contributed by atoms with Gasteiger partial charge in [-0.25, -0.2) is 4.98 Å². The topological polar surface area (TPSA) is 102 Å². The molecule has 2 N–H and O–H groups in total. The third-order valence-corrected chi connectivity index (χ3v) is 6.34. The highest BCUT2D eigenvalue weighted by atomic mass is 35.5. The monoisotopic (exact) mass is 493 g/mol. The zero-order valence-corrected chi connectivity index (χ0v) is 19.5. The Morgan fingerprint density at radius 3 is 2.65 bits per heavy atom. The van der Waals surface area contributed by atoms with Crippen molar-refractivity contribution in [3.63, 3.8) is 0 Å². The maximum Gasteiger partial charge on any atom is 0.270 e. The summed E-state index contributed by atoms with van der Waals surface area (Å²) in [5, 5.41) is 12.3. The number of hydrazine groups is 1. The van der Waals surface area contributed by atoms with Crippen molar-refractivity contribution in [1.82, 2.24) is 20.4 Å². The molecule has 0 aliphatic carbocycles. The quantitative estimate of drug-likeness (QED) is 0.192. The van der Waals surface area contributed by atoms with Gasteiger partial charge in [-0.3, -0.25) is 25.8 Å². The van der Waals surface area contributed by atoms with E-state index < -0.39 is 4.92 Å². The van der Waals surface area contributed by atoms with Crippen LogP contribution >= 0.6 is 23.4 Å². The molecule has 172 valence electrons. The summed E-state index contributed by atoms with van der Waals surface area (Å²) in [7, 11) is 0. The maximum atomic E-state index is 12.5. The fourth-order valence-electron chi connectivity index (χ4n) is 3.30. The van der Waals surface area contributed by atoms with Crippen molar-refractivity contribution in [2.45, 2.75) is 11.7 Å². The van der Waals surface area contributed by atoms with Gasteiger partial charge in [0, 0.05) is 22.7 Å². The highest BCUT2D eigenvalue weighted by molar-refractivity contribution is 7.99. The Labute approximate surface area is 204 Å². The lowest BCUT2D eigenvalue weighted by molar-refractivity contribution is -0.384. The number of nitrogens with one attached hydrogen (secondary N) is 2. The van der Waals surface area contributed by atoms with Crippen LogP contribution in [-0.4, -0.2) is 26.1 Å². The molecule has 4 aromatic rings. The number of imidazole rings is 1. The number of rotatable bonds is 9. The van der Waals surface area contributed by atoms with E-state index in [1.165, 1.54) is 23.9 Å². The van der Waals surface area contributed by atoms with E-state index in [1.807, 2.05) is 53.1 Å². The number of hydrogen-bond donors (Lipinski definition) is 2. The van der Waals surface area contributed by atoms with Crippen LogP contribution in [0.25, 0.3) is 16.7 Å². The van der Waals surface area contributed by atoms with E-state index in [2.05, 4.69) is 22.4 Å². The fourth-order valence-corrected chi connectivity index (χ4v) is 4.31. The number of fused-ring (bicyclic) bond motifs is 1. The van der Waals surface area contributed by atoms with Gasteiger partial charge in [-0.05, 0) is 23.8 Å². The number of halogens is 1. The first-order valence-corrected chi connectivity index (χ1v) is 11.6. The van der Waals surface area contributed by atoms with Crippen molar-refractivity contribution >= 4 is 51.7 Å². The third kappa shape index (κ3) is 5.38. The van der Waals surface area contributed by atoms with Crippen molar-refractivity contribution in [3.8, 4) is 0 Å². The molecule has 4 rings (SSSR count). The lowest BCUT2D eigenvalue weighted by Crippen LogP contribution is -2.37. The zero-order chi connectivity index (χ0) is 24.1. The number of amides is 1. The third-order valence-electron chi connectivity index (χ3n) is 5.00. The van der Waals surface area contributed by atoms with E-state index >= 15 is 0 Å². The molecule has 0 fully saturated rings. The number of aromatic nitrogens is 2. The van der Waals surface area contributed by atoms with Gasteiger partial charge < -0.3 is 4.57 Å². The lowest BCUT2D eigenvalue weighted by Gasteiger charge is -2.12. The van der Waals surface area contributed by atoms with Gasteiger partial charge in [0.1, 0.15) is 0 Å². The molecule has 0 radical (unpaired) electrons. The number of carbonyl (C=O) groups excluding carboxylic acids is 1. The Kier molecular flexibility index (Phi) is 7.15. The van der Waals surface area contributed by atoms with Gasteiger partial charge in [-0.1, -0.05) is 72.4 Å². The molecule has 0 aliphatic rings. The first kappa shape index (κ1) is 23.3. The second kappa shape index (κ2) is 10.4. The van der Waals surface area contributed by atoms with Gasteiger partial charge in [0.05, 0.1) is 34.0 Å². The number of nitro groups is 1.